The summed E-state index contributed by atoms with van der Waals surface area (Å²) < 4.78 is 28.6. The molecule has 2 N–H and O–H groups in total. The van der Waals surface area contributed by atoms with E-state index in [4.69, 9.17) is 11.6 Å². The SMILES string of the molecule is O=C(Nc1cc(S(=O)(=O)Nc2ccc(Br)cc2)ccc1Cl)c1ccccc1. The summed E-state index contributed by atoms with van der Waals surface area (Å²) in [4.78, 5) is 12.3. The Labute approximate surface area is 170 Å². The summed E-state index contributed by atoms with van der Waals surface area (Å²) in [6.45, 7) is 0. The molecule has 0 aliphatic heterocycles. The maximum absolute atomic E-state index is 12.6. The predicted molar refractivity (Wildman–Crippen MR) is 111 cm³/mol. The van der Waals surface area contributed by atoms with Gasteiger partial charge in [0.05, 0.1) is 15.6 Å². The molecular formula is C19H14BrClN2O3S. The van der Waals surface area contributed by atoms with E-state index in [1.165, 1.54) is 18.2 Å². The molecule has 0 spiro atoms. The first-order valence-corrected chi connectivity index (χ1v) is 10.4. The third-order valence-electron chi connectivity index (χ3n) is 3.63. The third-order valence-corrected chi connectivity index (χ3v) is 5.87. The standard InChI is InChI=1S/C19H14BrClN2O3S/c20-14-6-8-15(9-7-14)23-27(25,26)16-10-11-17(21)18(12-16)22-19(24)13-4-2-1-3-5-13/h1-12,23H,(H,22,24). The Morgan fingerprint density at radius 2 is 1.59 bits per heavy atom. The molecule has 1 amide bonds. The second-order valence-electron chi connectivity index (χ2n) is 5.57. The lowest BCUT2D eigenvalue weighted by Crippen LogP contribution is -2.15. The van der Waals surface area contributed by atoms with Crippen LogP contribution in [0.25, 0.3) is 0 Å². The molecular weight excluding hydrogens is 452 g/mol. The number of hydrogen-bond acceptors (Lipinski definition) is 3. The summed E-state index contributed by atoms with van der Waals surface area (Å²) in [6.07, 6.45) is 0. The predicted octanol–water partition coefficient (Wildman–Crippen LogP) is 5.16. The maximum Gasteiger partial charge on any atom is 0.261 e. The van der Waals surface area contributed by atoms with Gasteiger partial charge in [-0.25, -0.2) is 8.42 Å². The van der Waals surface area contributed by atoms with Crippen molar-refractivity contribution in [3.63, 3.8) is 0 Å². The fourth-order valence-electron chi connectivity index (χ4n) is 2.28. The molecule has 27 heavy (non-hydrogen) atoms. The average Bonchev–Trinajstić information content (AvgIpc) is 2.66. The number of amides is 1. The van der Waals surface area contributed by atoms with E-state index in [1.54, 1.807) is 54.6 Å². The zero-order chi connectivity index (χ0) is 19.4. The van der Waals surface area contributed by atoms with Crippen LogP contribution < -0.4 is 10.0 Å². The van der Waals surface area contributed by atoms with E-state index in [0.29, 0.717) is 11.3 Å². The van der Waals surface area contributed by atoms with E-state index in [2.05, 4.69) is 26.0 Å². The van der Waals surface area contributed by atoms with Gasteiger partial charge in [-0.15, -0.1) is 0 Å². The second kappa shape index (κ2) is 8.12. The minimum absolute atomic E-state index is 0.0156. The molecule has 0 saturated carbocycles. The van der Waals surface area contributed by atoms with Gasteiger partial charge < -0.3 is 5.32 Å². The highest BCUT2D eigenvalue weighted by Crippen LogP contribution is 2.27. The van der Waals surface area contributed by atoms with Gasteiger partial charge in [-0.05, 0) is 54.6 Å². The molecule has 0 aromatic heterocycles. The molecule has 0 aliphatic carbocycles. The molecule has 8 heteroatoms. The van der Waals surface area contributed by atoms with Crippen molar-refractivity contribution in [1.29, 1.82) is 0 Å². The number of halogens is 2. The molecule has 3 aromatic rings. The smallest absolute Gasteiger partial charge is 0.261 e. The Hall–Kier alpha value is -2.35. The van der Waals surface area contributed by atoms with Gasteiger partial charge in [0.1, 0.15) is 0 Å². The van der Waals surface area contributed by atoms with Crippen LogP contribution in [0.4, 0.5) is 11.4 Å². The van der Waals surface area contributed by atoms with E-state index in [0.717, 1.165) is 4.47 Å². The zero-order valence-electron chi connectivity index (χ0n) is 13.8. The largest absolute Gasteiger partial charge is 0.321 e. The van der Waals surface area contributed by atoms with Crippen LogP contribution >= 0.6 is 27.5 Å². The first kappa shape index (κ1) is 19.4. The van der Waals surface area contributed by atoms with E-state index >= 15 is 0 Å². The fourth-order valence-corrected chi connectivity index (χ4v) is 3.80. The first-order valence-electron chi connectivity index (χ1n) is 7.79. The van der Waals surface area contributed by atoms with Crippen LogP contribution in [-0.2, 0) is 10.0 Å². The Balaban J connectivity index is 1.85. The molecule has 0 bridgehead atoms. The first-order chi connectivity index (χ1) is 12.8. The topological polar surface area (TPSA) is 75.3 Å². The lowest BCUT2D eigenvalue weighted by Gasteiger charge is -2.12. The highest BCUT2D eigenvalue weighted by molar-refractivity contribution is 9.10. The molecule has 0 saturated heterocycles. The maximum atomic E-state index is 12.6. The highest BCUT2D eigenvalue weighted by Gasteiger charge is 2.17. The van der Waals surface area contributed by atoms with Crippen LogP contribution in [0, 0.1) is 0 Å². The Kier molecular flexibility index (Phi) is 5.84. The van der Waals surface area contributed by atoms with Crippen LogP contribution in [0.2, 0.25) is 5.02 Å². The minimum atomic E-state index is -3.84. The summed E-state index contributed by atoms with van der Waals surface area (Å²) in [7, 11) is -3.84. The van der Waals surface area contributed by atoms with Gasteiger partial charge in [0, 0.05) is 15.7 Å². The van der Waals surface area contributed by atoms with Gasteiger partial charge in [-0.3, -0.25) is 9.52 Å². The third kappa shape index (κ3) is 4.88. The van der Waals surface area contributed by atoms with Gasteiger partial charge in [0.2, 0.25) is 0 Å². The number of carbonyl (C=O) groups is 1. The monoisotopic (exact) mass is 464 g/mol. The molecule has 138 valence electrons. The molecule has 3 aromatic carbocycles. The van der Waals surface area contributed by atoms with Gasteiger partial charge in [0.15, 0.2) is 0 Å². The number of benzene rings is 3. The van der Waals surface area contributed by atoms with Crippen molar-refractivity contribution in [1.82, 2.24) is 0 Å². The zero-order valence-corrected chi connectivity index (χ0v) is 17.0. The lowest BCUT2D eigenvalue weighted by molar-refractivity contribution is 0.102. The van der Waals surface area contributed by atoms with Crippen molar-refractivity contribution < 1.29 is 13.2 Å². The quantitative estimate of drug-likeness (QED) is 0.547. The van der Waals surface area contributed by atoms with E-state index in [9.17, 15) is 13.2 Å². The number of anilines is 2. The fraction of sp³-hybridized carbons (Fsp3) is 0. The van der Waals surface area contributed by atoms with Gasteiger partial charge >= 0.3 is 0 Å². The van der Waals surface area contributed by atoms with Gasteiger partial charge in [-0.1, -0.05) is 45.7 Å². The average molecular weight is 466 g/mol. The number of rotatable bonds is 5. The number of nitrogens with one attached hydrogen (secondary N) is 2. The van der Waals surface area contributed by atoms with Crippen molar-refractivity contribution in [2.75, 3.05) is 10.0 Å². The molecule has 0 radical (unpaired) electrons. The van der Waals surface area contributed by atoms with Crippen molar-refractivity contribution in [3.05, 3.63) is 87.9 Å². The van der Waals surface area contributed by atoms with E-state index in [1.807, 2.05) is 0 Å². The summed E-state index contributed by atoms with van der Waals surface area (Å²) in [5.74, 6) is -0.382. The summed E-state index contributed by atoms with van der Waals surface area (Å²) in [6, 6.07) is 19.4. The molecule has 5 nitrogen and oxygen atoms in total. The lowest BCUT2D eigenvalue weighted by atomic mass is 10.2. The molecule has 0 fully saturated rings. The summed E-state index contributed by atoms with van der Waals surface area (Å²) in [5, 5.41) is 2.88. The van der Waals surface area contributed by atoms with Crippen LogP contribution in [0.1, 0.15) is 10.4 Å². The molecule has 0 unspecified atom stereocenters. The van der Waals surface area contributed by atoms with Crippen molar-refractivity contribution in [2.45, 2.75) is 4.90 Å². The van der Waals surface area contributed by atoms with Crippen molar-refractivity contribution >= 4 is 54.8 Å². The Morgan fingerprint density at radius 1 is 0.926 bits per heavy atom. The highest BCUT2D eigenvalue weighted by atomic mass is 79.9. The minimum Gasteiger partial charge on any atom is -0.321 e. The van der Waals surface area contributed by atoms with E-state index in [-0.39, 0.29) is 21.5 Å². The van der Waals surface area contributed by atoms with Crippen LogP contribution in [-0.4, -0.2) is 14.3 Å². The normalized spacial score (nSPS) is 11.0. The molecule has 3 rings (SSSR count). The summed E-state index contributed by atoms with van der Waals surface area (Å²) >= 11 is 9.42. The van der Waals surface area contributed by atoms with Crippen molar-refractivity contribution in [3.8, 4) is 0 Å². The second-order valence-corrected chi connectivity index (χ2v) is 8.58. The van der Waals surface area contributed by atoms with Gasteiger partial charge in [0.25, 0.3) is 15.9 Å². The van der Waals surface area contributed by atoms with Crippen molar-refractivity contribution in [2.24, 2.45) is 0 Å². The Morgan fingerprint density at radius 3 is 2.26 bits per heavy atom. The van der Waals surface area contributed by atoms with E-state index < -0.39 is 10.0 Å². The summed E-state index contributed by atoms with van der Waals surface area (Å²) in [5.41, 5.74) is 1.07. The molecule has 0 atom stereocenters. The van der Waals surface area contributed by atoms with Crippen LogP contribution in [0.15, 0.2) is 82.2 Å². The molecule has 0 heterocycles. The van der Waals surface area contributed by atoms with Crippen LogP contribution in [0.5, 0.6) is 0 Å². The Bertz CT molecular complexity index is 1070. The molecule has 0 aliphatic rings. The number of carbonyl (C=O) groups excluding carboxylic acids is 1. The van der Waals surface area contributed by atoms with Gasteiger partial charge in [-0.2, -0.15) is 0 Å². The van der Waals surface area contributed by atoms with Crippen LogP contribution in [0.3, 0.4) is 0 Å². The number of hydrogen-bond donors (Lipinski definition) is 2. The number of sulfonamides is 1.